The van der Waals surface area contributed by atoms with E-state index in [2.05, 4.69) is 10.1 Å². The summed E-state index contributed by atoms with van der Waals surface area (Å²) in [6.07, 6.45) is 0. The van der Waals surface area contributed by atoms with Crippen molar-refractivity contribution in [3.05, 3.63) is 53.1 Å². The molecule has 0 heterocycles. The van der Waals surface area contributed by atoms with Crippen LogP contribution in [0.2, 0.25) is 5.02 Å². The second-order valence-corrected chi connectivity index (χ2v) is 5.81. The van der Waals surface area contributed by atoms with Gasteiger partial charge in [-0.1, -0.05) is 25.4 Å². The third kappa shape index (κ3) is 4.49. The van der Waals surface area contributed by atoms with E-state index in [0.29, 0.717) is 27.8 Å². The maximum absolute atomic E-state index is 11.7. The normalized spacial score (nSPS) is 10.4. The van der Waals surface area contributed by atoms with Crippen molar-refractivity contribution >= 4 is 29.2 Å². The highest BCUT2D eigenvalue weighted by Gasteiger charge is 2.10. The van der Waals surface area contributed by atoms with Crippen LogP contribution in [0.4, 0.5) is 5.69 Å². The molecule has 0 unspecified atom stereocenters. The van der Waals surface area contributed by atoms with E-state index >= 15 is 0 Å². The van der Waals surface area contributed by atoms with Gasteiger partial charge in [-0.15, -0.1) is 0 Å². The first-order chi connectivity index (χ1) is 11.4. The van der Waals surface area contributed by atoms with E-state index in [-0.39, 0.29) is 11.8 Å². The van der Waals surface area contributed by atoms with Gasteiger partial charge in [0, 0.05) is 11.6 Å². The van der Waals surface area contributed by atoms with Gasteiger partial charge in [0.15, 0.2) is 0 Å². The fourth-order valence-corrected chi connectivity index (χ4v) is 2.07. The van der Waals surface area contributed by atoms with Crippen LogP contribution in [0.1, 0.15) is 24.2 Å². The van der Waals surface area contributed by atoms with Crippen LogP contribution in [0.15, 0.2) is 42.5 Å². The van der Waals surface area contributed by atoms with Crippen LogP contribution < -0.4 is 10.1 Å². The second-order valence-electron chi connectivity index (χ2n) is 5.41. The van der Waals surface area contributed by atoms with Crippen molar-refractivity contribution in [3.63, 3.8) is 0 Å². The number of esters is 1. The molecule has 0 saturated carbocycles. The van der Waals surface area contributed by atoms with Gasteiger partial charge < -0.3 is 14.8 Å². The lowest BCUT2D eigenvalue weighted by atomic mass is 10.2. The number of methoxy groups -OCH3 is 1. The van der Waals surface area contributed by atoms with E-state index in [0.717, 1.165) is 0 Å². The summed E-state index contributed by atoms with van der Waals surface area (Å²) in [5.74, 6) is 0.365. The van der Waals surface area contributed by atoms with Crippen LogP contribution in [-0.2, 0) is 9.53 Å². The molecule has 0 aliphatic rings. The van der Waals surface area contributed by atoms with Gasteiger partial charge in [0.2, 0.25) is 5.91 Å². The Morgan fingerprint density at radius 3 is 2.29 bits per heavy atom. The summed E-state index contributed by atoms with van der Waals surface area (Å²) < 4.78 is 10.3. The molecule has 0 spiro atoms. The third-order valence-electron chi connectivity index (χ3n) is 3.23. The molecule has 0 bridgehead atoms. The molecule has 0 atom stereocenters. The van der Waals surface area contributed by atoms with Crippen LogP contribution >= 0.6 is 11.6 Å². The van der Waals surface area contributed by atoms with Crippen molar-refractivity contribution in [1.29, 1.82) is 0 Å². The molecule has 1 N–H and O–H groups in total. The molecule has 24 heavy (non-hydrogen) atoms. The van der Waals surface area contributed by atoms with Gasteiger partial charge >= 0.3 is 5.97 Å². The minimum Gasteiger partial charge on any atom is -0.465 e. The number of nitrogens with one attached hydrogen (secondary N) is 1. The number of anilines is 1. The molecule has 0 saturated heterocycles. The van der Waals surface area contributed by atoms with E-state index in [9.17, 15) is 9.59 Å². The zero-order valence-corrected chi connectivity index (χ0v) is 14.4. The summed E-state index contributed by atoms with van der Waals surface area (Å²) in [5, 5.41) is 3.14. The topological polar surface area (TPSA) is 64.6 Å². The first kappa shape index (κ1) is 17.8. The van der Waals surface area contributed by atoms with Crippen molar-refractivity contribution in [2.24, 2.45) is 5.92 Å². The number of rotatable bonds is 5. The van der Waals surface area contributed by atoms with Gasteiger partial charge in [0.25, 0.3) is 0 Å². The quantitative estimate of drug-likeness (QED) is 0.808. The minimum atomic E-state index is -0.412. The summed E-state index contributed by atoms with van der Waals surface area (Å²) in [4.78, 5) is 23.1. The van der Waals surface area contributed by atoms with E-state index in [1.54, 1.807) is 42.5 Å². The minimum absolute atomic E-state index is 0.0851. The lowest BCUT2D eigenvalue weighted by Gasteiger charge is -2.11. The fourth-order valence-electron chi connectivity index (χ4n) is 1.85. The Hall–Kier alpha value is -2.53. The van der Waals surface area contributed by atoms with Crippen molar-refractivity contribution < 1.29 is 19.1 Å². The number of carbonyl (C=O) groups excluding carboxylic acids is 2. The lowest BCUT2D eigenvalue weighted by Crippen LogP contribution is -2.17. The van der Waals surface area contributed by atoms with Gasteiger partial charge in [-0.2, -0.15) is 0 Å². The maximum atomic E-state index is 11.7. The molecule has 2 aromatic carbocycles. The SMILES string of the molecule is COC(=O)c1ccc(Oc2ccc(NC(=O)C(C)C)cc2Cl)cc1. The first-order valence-electron chi connectivity index (χ1n) is 7.37. The standard InChI is InChI=1S/C18H18ClNO4/c1-11(2)17(21)20-13-6-9-16(15(19)10-13)24-14-7-4-12(5-8-14)18(22)23-3/h4-11H,1-3H3,(H,20,21). The van der Waals surface area contributed by atoms with Crippen molar-refractivity contribution in [2.45, 2.75) is 13.8 Å². The van der Waals surface area contributed by atoms with Gasteiger partial charge in [0.1, 0.15) is 11.5 Å². The average molecular weight is 348 g/mol. The molecule has 2 rings (SSSR count). The molecule has 0 aromatic heterocycles. The molecule has 5 nitrogen and oxygen atoms in total. The zero-order valence-electron chi connectivity index (χ0n) is 13.6. The Kier molecular flexibility index (Phi) is 5.82. The molecule has 1 amide bonds. The Labute approximate surface area is 145 Å². The van der Waals surface area contributed by atoms with Gasteiger partial charge in [-0.3, -0.25) is 4.79 Å². The van der Waals surface area contributed by atoms with Crippen LogP contribution in [0.25, 0.3) is 0 Å². The van der Waals surface area contributed by atoms with Crippen LogP contribution in [-0.4, -0.2) is 19.0 Å². The second kappa shape index (κ2) is 7.84. The predicted molar refractivity (Wildman–Crippen MR) is 92.8 cm³/mol. The maximum Gasteiger partial charge on any atom is 0.337 e. The smallest absolute Gasteiger partial charge is 0.337 e. The Morgan fingerprint density at radius 1 is 1.08 bits per heavy atom. The molecule has 0 radical (unpaired) electrons. The molecule has 6 heteroatoms. The predicted octanol–water partition coefficient (Wildman–Crippen LogP) is 4.51. The van der Waals surface area contributed by atoms with Crippen LogP contribution in [0, 0.1) is 5.92 Å². The monoisotopic (exact) mass is 347 g/mol. The molecule has 0 aliphatic heterocycles. The zero-order chi connectivity index (χ0) is 17.7. The van der Waals surface area contributed by atoms with Crippen molar-refractivity contribution in [2.75, 3.05) is 12.4 Å². The molecular weight excluding hydrogens is 330 g/mol. The summed E-state index contributed by atoms with van der Waals surface area (Å²) in [6.45, 7) is 3.62. The van der Waals surface area contributed by atoms with Crippen LogP contribution in [0.3, 0.4) is 0 Å². The summed E-state index contributed by atoms with van der Waals surface area (Å²) in [6, 6.07) is 11.5. The van der Waals surface area contributed by atoms with E-state index in [4.69, 9.17) is 16.3 Å². The average Bonchev–Trinajstić information content (AvgIpc) is 2.57. The Bertz CT molecular complexity index is 741. The summed E-state index contributed by atoms with van der Waals surface area (Å²) in [5.41, 5.74) is 1.04. The van der Waals surface area contributed by atoms with Crippen molar-refractivity contribution in [3.8, 4) is 11.5 Å². The van der Waals surface area contributed by atoms with E-state index in [1.165, 1.54) is 7.11 Å². The fraction of sp³-hybridized carbons (Fsp3) is 0.222. The molecular formula is C18H18ClNO4. The van der Waals surface area contributed by atoms with Gasteiger partial charge in [0.05, 0.1) is 17.7 Å². The Balaban J connectivity index is 2.10. The van der Waals surface area contributed by atoms with E-state index in [1.807, 2.05) is 13.8 Å². The molecule has 0 fully saturated rings. The largest absolute Gasteiger partial charge is 0.465 e. The highest BCUT2D eigenvalue weighted by atomic mass is 35.5. The number of carbonyl (C=O) groups is 2. The molecule has 0 aliphatic carbocycles. The van der Waals surface area contributed by atoms with Crippen molar-refractivity contribution in [1.82, 2.24) is 0 Å². The highest BCUT2D eigenvalue weighted by Crippen LogP contribution is 2.32. The first-order valence-corrected chi connectivity index (χ1v) is 7.75. The Morgan fingerprint density at radius 2 is 1.75 bits per heavy atom. The van der Waals surface area contributed by atoms with E-state index < -0.39 is 5.97 Å². The third-order valence-corrected chi connectivity index (χ3v) is 3.52. The lowest BCUT2D eigenvalue weighted by molar-refractivity contribution is -0.118. The van der Waals surface area contributed by atoms with Gasteiger partial charge in [-0.05, 0) is 42.5 Å². The number of hydrogen-bond acceptors (Lipinski definition) is 4. The summed E-state index contributed by atoms with van der Waals surface area (Å²) in [7, 11) is 1.33. The number of benzene rings is 2. The highest BCUT2D eigenvalue weighted by molar-refractivity contribution is 6.32. The molecule has 126 valence electrons. The van der Waals surface area contributed by atoms with Crippen LogP contribution in [0.5, 0.6) is 11.5 Å². The number of ether oxygens (including phenoxy) is 2. The number of amides is 1. The number of halogens is 1. The summed E-state index contributed by atoms with van der Waals surface area (Å²) >= 11 is 6.20. The van der Waals surface area contributed by atoms with Gasteiger partial charge in [-0.25, -0.2) is 4.79 Å². The number of hydrogen-bond donors (Lipinski definition) is 1. The molecule has 2 aromatic rings.